The van der Waals surface area contributed by atoms with Gasteiger partial charge in [-0.05, 0) is 45.4 Å². The second-order valence-corrected chi connectivity index (χ2v) is 8.09. The highest BCUT2D eigenvalue weighted by Crippen LogP contribution is 2.32. The topological polar surface area (TPSA) is 84.4 Å². The lowest BCUT2D eigenvalue weighted by Crippen LogP contribution is -2.45. The summed E-state index contributed by atoms with van der Waals surface area (Å²) >= 11 is 0. The van der Waals surface area contributed by atoms with E-state index in [9.17, 15) is 9.59 Å². The number of likely N-dealkylation sites (tertiary alicyclic amines) is 1. The van der Waals surface area contributed by atoms with Crippen LogP contribution in [0.4, 0.5) is 5.82 Å². The lowest BCUT2D eigenvalue weighted by Gasteiger charge is -2.32. The summed E-state index contributed by atoms with van der Waals surface area (Å²) < 4.78 is 4.87. The highest BCUT2D eigenvalue weighted by Gasteiger charge is 2.38. The van der Waals surface area contributed by atoms with E-state index in [0.717, 1.165) is 54.4 Å². The number of aryl methyl sites for hydroxylation is 1. The summed E-state index contributed by atoms with van der Waals surface area (Å²) in [6.07, 6.45) is 5.00. The van der Waals surface area contributed by atoms with Crippen molar-refractivity contribution in [2.24, 2.45) is 5.92 Å². The number of carbonyl (C=O) groups is 2. The zero-order valence-corrected chi connectivity index (χ0v) is 17.1. The molecule has 1 amide bonds. The molecule has 154 valence electrons. The number of hydrogen-bond donors (Lipinski definition) is 1. The average molecular weight is 396 g/mol. The number of carbonyl (C=O) groups excluding carboxylic acids is 2. The van der Waals surface area contributed by atoms with Gasteiger partial charge in [0.1, 0.15) is 6.04 Å². The van der Waals surface area contributed by atoms with Crippen LogP contribution < -0.4 is 5.32 Å². The lowest BCUT2D eigenvalue weighted by atomic mass is 9.85. The van der Waals surface area contributed by atoms with E-state index in [1.165, 1.54) is 7.11 Å². The molecule has 1 aromatic carbocycles. The van der Waals surface area contributed by atoms with Gasteiger partial charge < -0.3 is 15.0 Å². The summed E-state index contributed by atoms with van der Waals surface area (Å²) in [5.74, 6) is 0.610. The van der Waals surface area contributed by atoms with Crippen LogP contribution in [0.5, 0.6) is 0 Å². The molecule has 1 N–H and O–H groups in total. The van der Waals surface area contributed by atoms with Gasteiger partial charge in [-0.25, -0.2) is 4.79 Å². The Bertz CT molecular complexity index is 908. The van der Waals surface area contributed by atoms with E-state index >= 15 is 0 Å². The van der Waals surface area contributed by atoms with Gasteiger partial charge in [0.2, 0.25) is 5.91 Å². The Morgan fingerprint density at radius 2 is 1.79 bits per heavy atom. The van der Waals surface area contributed by atoms with Crippen molar-refractivity contribution >= 4 is 28.5 Å². The Morgan fingerprint density at radius 1 is 1.07 bits per heavy atom. The molecule has 29 heavy (non-hydrogen) atoms. The number of benzene rings is 1. The molecule has 1 aromatic heterocycles. The molecule has 4 rings (SSSR count). The molecule has 0 unspecified atom stereocenters. The summed E-state index contributed by atoms with van der Waals surface area (Å²) in [5, 5.41) is 14.4. The van der Waals surface area contributed by atoms with Crippen molar-refractivity contribution in [2.45, 2.75) is 57.5 Å². The molecular weight excluding hydrogens is 368 g/mol. The van der Waals surface area contributed by atoms with Crippen LogP contribution in [0.3, 0.4) is 0 Å². The van der Waals surface area contributed by atoms with Gasteiger partial charge in [0.25, 0.3) is 0 Å². The van der Waals surface area contributed by atoms with Crippen LogP contribution >= 0.6 is 0 Å². The monoisotopic (exact) mass is 396 g/mol. The van der Waals surface area contributed by atoms with E-state index in [-0.39, 0.29) is 23.8 Å². The number of anilines is 1. The van der Waals surface area contributed by atoms with E-state index in [1.54, 1.807) is 4.90 Å². The summed E-state index contributed by atoms with van der Waals surface area (Å²) in [6, 6.07) is 8.02. The van der Waals surface area contributed by atoms with Crippen LogP contribution in [0.1, 0.15) is 44.2 Å². The first kappa shape index (κ1) is 19.6. The van der Waals surface area contributed by atoms with Gasteiger partial charge in [0.05, 0.1) is 12.8 Å². The van der Waals surface area contributed by atoms with Gasteiger partial charge in [-0.2, -0.15) is 5.10 Å². The summed E-state index contributed by atoms with van der Waals surface area (Å²) in [7, 11) is 1.39. The number of amides is 1. The molecule has 1 aliphatic heterocycles. The highest BCUT2D eigenvalue weighted by molar-refractivity contribution is 5.93. The standard InChI is InChI=1S/C22H28N4O3/c1-14-17-6-3-4-7-18(17)20(25-24-14)23-16-11-9-15(10-12-16)21(27)26-13-5-8-19(26)22(28)29-2/h3-4,6-7,15-16,19H,5,8-13H2,1-2H3,(H,23,25)/t15?,16?,19-/m1/s1. The third-order valence-electron chi connectivity index (χ3n) is 6.30. The van der Waals surface area contributed by atoms with Crippen LogP contribution in [-0.4, -0.2) is 52.7 Å². The predicted molar refractivity (Wildman–Crippen MR) is 110 cm³/mol. The lowest BCUT2D eigenvalue weighted by molar-refractivity contribution is -0.152. The molecule has 2 aliphatic rings. The predicted octanol–water partition coefficient (Wildman–Crippen LogP) is 3.07. The fourth-order valence-electron chi connectivity index (χ4n) is 4.67. The van der Waals surface area contributed by atoms with E-state index in [1.807, 2.05) is 19.1 Å². The normalized spacial score (nSPS) is 24.5. The number of esters is 1. The van der Waals surface area contributed by atoms with Crippen molar-refractivity contribution in [3.05, 3.63) is 30.0 Å². The molecule has 2 fully saturated rings. The maximum atomic E-state index is 13.0. The molecule has 1 atom stereocenters. The van der Waals surface area contributed by atoms with E-state index in [4.69, 9.17) is 4.74 Å². The number of hydrogen-bond acceptors (Lipinski definition) is 6. The van der Waals surface area contributed by atoms with Crippen molar-refractivity contribution < 1.29 is 14.3 Å². The molecule has 0 radical (unpaired) electrons. The quantitative estimate of drug-likeness (QED) is 0.800. The van der Waals surface area contributed by atoms with Crippen LogP contribution in [0.2, 0.25) is 0 Å². The Balaban J connectivity index is 1.38. The van der Waals surface area contributed by atoms with Crippen molar-refractivity contribution in [1.82, 2.24) is 15.1 Å². The Hall–Kier alpha value is -2.70. The van der Waals surface area contributed by atoms with Crippen molar-refractivity contribution in [2.75, 3.05) is 19.0 Å². The van der Waals surface area contributed by atoms with Crippen molar-refractivity contribution in [1.29, 1.82) is 0 Å². The molecule has 1 saturated carbocycles. The third kappa shape index (κ3) is 3.91. The number of nitrogens with zero attached hydrogens (tertiary/aromatic N) is 3. The number of rotatable bonds is 4. The van der Waals surface area contributed by atoms with E-state index in [2.05, 4.69) is 27.6 Å². The minimum atomic E-state index is -0.405. The molecule has 7 nitrogen and oxygen atoms in total. The summed E-state index contributed by atoms with van der Waals surface area (Å²) in [5.41, 5.74) is 0.922. The van der Waals surface area contributed by atoms with Crippen LogP contribution in [0.15, 0.2) is 24.3 Å². The first-order valence-electron chi connectivity index (χ1n) is 10.5. The molecule has 2 heterocycles. The Kier molecular flexibility index (Phi) is 5.65. The SMILES string of the molecule is COC(=O)[C@H]1CCCN1C(=O)C1CCC(Nc2nnc(C)c3ccccc23)CC1. The molecular formula is C22H28N4O3. The van der Waals surface area contributed by atoms with Gasteiger partial charge in [-0.15, -0.1) is 5.10 Å². The molecule has 0 spiro atoms. The first-order valence-corrected chi connectivity index (χ1v) is 10.5. The molecule has 1 aliphatic carbocycles. The van der Waals surface area contributed by atoms with Crippen LogP contribution in [0.25, 0.3) is 10.8 Å². The Labute approximate surface area is 170 Å². The smallest absolute Gasteiger partial charge is 0.328 e. The molecule has 7 heteroatoms. The average Bonchev–Trinajstić information content (AvgIpc) is 3.25. The van der Waals surface area contributed by atoms with Gasteiger partial charge in [-0.3, -0.25) is 4.79 Å². The minimum Gasteiger partial charge on any atom is -0.467 e. The zero-order valence-electron chi connectivity index (χ0n) is 17.1. The maximum absolute atomic E-state index is 13.0. The maximum Gasteiger partial charge on any atom is 0.328 e. The summed E-state index contributed by atoms with van der Waals surface area (Å²) in [6.45, 7) is 2.62. The number of aromatic nitrogens is 2. The van der Waals surface area contributed by atoms with E-state index in [0.29, 0.717) is 13.0 Å². The highest BCUT2D eigenvalue weighted by atomic mass is 16.5. The van der Waals surface area contributed by atoms with Crippen molar-refractivity contribution in [3.63, 3.8) is 0 Å². The minimum absolute atomic E-state index is 0.0147. The van der Waals surface area contributed by atoms with Crippen LogP contribution in [-0.2, 0) is 14.3 Å². The molecule has 2 aromatic rings. The molecule has 1 saturated heterocycles. The number of ether oxygens (including phenoxy) is 1. The number of nitrogens with one attached hydrogen (secondary N) is 1. The zero-order chi connectivity index (χ0) is 20.4. The molecule has 0 bridgehead atoms. The Morgan fingerprint density at radius 3 is 2.52 bits per heavy atom. The van der Waals surface area contributed by atoms with E-state index < -0.39 is 6.04 Å². The first-order chi connectivity index (χ1) is 14.1. The van der Waals surface area contributed by atoms with Crippen molar-refractivity contribution in [3.8, 4) is 0 Å². The van der Waals surface area contributed by atoms with Gasteiger partial charge >= 0.3 is 5.97 Å². The fourth-order valence-corrected chi connectivity index (χ4v) is 4.67. The van der Waals surface area contributed by atoms with Gasteiger partial charge in [-0.1, -0.05) is 24.3 Å². The third-order valence-corrected chi connectivity index (χ3v) is 6.30. The van der Waals surface area contributed by atoms with Gasteiger partial charge in [0, 0.05) is 29.3 Å². The second-order valence-electron chi connectivity index (χ2n) is 8.09. The fraction of sp³-hybridized carbons (Fsp3) is 0.545. The summed E-state index contributed by atoms with van der Waals surface area (Å²) in [4.78, 5) is 26.7. The van der Waals surface area contributed by atoms with Crippen LogP contribution in [0, 0.1) is 12.8 Å². The largest absolute Gasteiger partial charge is 0.467 e. The second kappa shape index (κ2) is 8.35. The van der Waals surface area contributed by atoms with Gasteiger partial charge in [0.15, 0.2) is 5.82 Å². The number of methoxy groups -OCH3 is 1. The number of fused-ring (bicyclic) bond motifs is 1.